The summed E-state index contributed by atoms with van der Waals surface area (Å²) in [6.07, 6.45) is 3.52. The molecule has 13 N–H and O–H groups in total. The number of nitrogens with zero attached hydrogens (tertiary/aromatic N) is 15. The van der Waals surface area contributed by atoms with E-state index in [1.165, 1.54) is 5.56 Å². The van der Waals surface area contributed by atoms with Crippen LogP contribution in [0.25, 0.3) is 180 Å². The Balaban J connectivity index is 0.000000114. The average molecular weight is 1930 g/mol. The molecule has 0 aliphatic heterocycles. The van der Waals surface area contributed by atoms with E-state index in [2.05, 4.69) is 134 Å². The van der Waals surface area contributed by atoms with Crippen LogP contribution in [0.3, 0.4) is 0 Å². The number of imidazole rings is 8. The number of nitrogens with one attached hydrogen (secondary N) is 8. The van der Waals surface area contributed by atoms with Gasteiger partial charge in [-0.25, -0.2) is 64.8 Å². The molecule has 24 aromatic rings. The number of methoxy groups -OCH3 is 2. The highest BCUT2D eigenvalue weighted by atomic mass is 16.5. The molecule has 0 unspecified atom stereocenters. The number of rotatable bonds is 17. The van der Waals surface area contributed by atoms with Crippen molar-refractivity contribution >= 4 is 94.7 Å². The van der Waals surface area contributed by atoms with E-state index in [0.29, 0.717) is 18.0 Å². The predicted octanol–water partition coefficient (Wildman–Crippen LogP) is 21.1. The summed E-state index contributed by atoms with van der Waals surface area (Å²) in [4.78, 5) is 103. The van der Waals surface area contributed by atoms with Gasteiger partial charge in [-0.3, -0.25) is 14.8 Å². The minimum Gasteiger partial charge on any atom is -0.494 e. The molecule has 145 heavy (non-hydrogen) atoms. The number of aliphatic hydroxyl groups is 5. The molecule has 0 saturated heterocycles. The Morgan fingerprint density at radius 3 is 0.814 bits per heavy atom. The third-order valence-electron chi connectivity index (χ3n) is 22.9. The Hall–Kier alpha value is -18.3. The summed E-state index contributed by atoms with van der Waals surface area (Å²) in [7, 11) is 3.29. The normalized spacial score (nSPS) is 10.9. The lowest BCUT2D eigenvalue weighted by molar-refractivity contribution is -0.120. The summed E-state index contributed by atoms with van der Waals surface area (Å²) in [5, 5.41) is 45.6. The molecule has 0 aliphatic carbocycles. The van der Waals surface area contributed by atoms with E-state index in [4.69, 9.17) is 39.7 Å². The van der Waals surface area contributed by atoms with Crippen molar-refractivity contribution in [3.8, 4) is 109 Å². The second-order valence-electron chi connectivity index (χ2n) is 34.0. The second kappa shape index (κ2) is 45.7. The number of pyridine rings is 7. The fourth-order valence-corrected chi connectivity index (χ4v) is 15.7. The average Bonchev–Trinajstić information content (AvgIpc) is 1.73. The third-order valence-corrected chi connectivity index (χ3v) is 22.9. The van der Waals surface area contributed by atoms with Gasteiger partial charge < -0.3 is 79.6 Å². The highest BCUT2D eigenvalue weighted by Crippen LogP contribution is 2.33. The molecular formula is C113H103N23O9. The maximum atomic E-state index is 10.3. The van der Waals surface area contributed by atoms with Crippen molar-refractivity contribution in [2.75, 3.05) is 14.2 Å². The summed E-state index contributed by atoms with van der Waals surface area (Å²) >= 11 is 0. The number of ether oxygens (including phenoxy) is 3. The van der Waals surface area contributed by atoms with Gasteiger partial charge >= 0.3 is 0 Å². The first-order valence-electron chi connectivity index (χ1n) is 46.4. The van der Waals surface area contributed by atoms with Gasteiger partial charge in [0.1, 0.15) is 74.0 Å². The smallest absolute Gasteiger partial charge is 0.298 e. The van der Waals surface area contributed by atoms with Crippen molar-refractivity contribution in [3.05, 3.63) is 370 Å². The SMILES string of the molecule is COc1cccc2[nH]c(-c3cccc(C)n3)nc12.COc1cccc2[nH]c(-c3cccc(C)n3)nc12.Cc1cccc(-c2nc3ccc(CO)cc3[nH]2)c1.Cc1cccc(-c2nc3ccc(CO)cc3[nH]2)n1.Cc1cccc(-c2nc3ccc(CO)cc3[nH]2)n1.Cc1cccc(-c2nc3ccc(CO)cc3[nH]2)n1.Cc1ccnc(-c2nc3ccc(CO)cc3[nH]2)c1.Cc1ccnc(-c2nc3ccc(OC=O)cc3[nH]2)c1. The van der Waals surface area contributed by atoms with Gasteiger partial charge in [0, 0.05) is 52.5 Å². The lowest BCUT2D eigenvalue weighted by Crippen LogP contribution is -1.87. The molecule has 15 aromatic heterocycles. The van der Waals surface area contributed by atoms with Gasteiger partial charge in [-0.15, -0.1) is 0 Å². The molecule has 0 amide bonds. The number of benzene rings is 9. The molecule has 0 atom stereocenters. The van der Waals surface area contributed by atoms with E-state index >= 15 is 0 Å². The summed E-state index contributed by atoms with van der Waals surface area (Å²) in [5.74, 6) is 8.11. The van der Waals surface area contributed by atoms with Crippen molar-refractivity contribution in [1.82, 2.24) is 115 Å². The third kappa shape index (κ3) is 24.4. The zero-order chi connectivity index (χ0) is 101. The Morgan fingerprint density at radius 1 is 0.248 bits per heavy atom. The zero-order valence-corrected chi connectivity index (χ0v) is 81.0. The minimum atomic E-state index is 0.0347. The summed E-state index contributed by atoms with van der Waals surface area (Å²) in [5.41, 5.74) is 33.8. The topological polar surface area (TPSA) is 466 Å². The molecule has 9 aromatic carbocycles. The van der Waals surface area contributed by atoms with E-state index in [0.717, 1.165) is 253 Å². The van der Waals surface area contributed by atoms with Gasteiger partial charge in [-0.1, -0.05) is 96.6 Å². The fraction of sp³-hybridized carbons (Fsp3) is 0.133. The number of aromatic amines is 8. The molecule has 24 rings (SSSR count). The molecule has 0 radical (unpaired) electrons. The minimum absolute atomic E-state index is 0.0347. The van der Waals surface area contributed by atoms with E-state index in [9.17, 15) is 4.79 Å². The zero-order valence-electron chi connectivity index (χ0n) is 81.0. The van der Waals surface area contributed by atoms with E-state index in [-0.39, 0.29) is 33.0 Å². The van der Waals surface area contributed by atoms with Crippen molar-refractivity contribution < 1.29 is 44.5 Å². The number of hydrogen-bond acceptors (Lipinski definition) is 24. The maximum Gasteiger partial charge on any atom is 0.298 e. The second-order valence-corrected chi connectivity index (χ2v) is 34.0. The van der Waals surface area contributed by atoms with E-state index < -0.39 is 0 Å². The molecule has 32 nitrogen and oxygen atoms in total. The highest BCUT2D eigenvalue weighted by Gasteiger charge is 2.18. The first-order chi connectivity index (χ1) is 70.6. The number of hydrogen-bond donors (Lipinski definition) is 13. The summed E-state index contributed by atoms with van der Waals surface area (Å²) < 4.78 is 15.4. The number of para-hydroxylation sites is 2. The lowest BCUT2D eigenvalue weighted by Gasteiger charge is -1.98. The molecule has 15 heterocycles. The molecular weight excluding hydrogens is 1820 g/mol. The Morgan fingerprint density at radius 2 is 0.517 bits per heavy atom. The predicted molar refractivity (Wildman–Crippen MR) is 564 cm³/mol. The van der Waals surface area contributed by atoms with Crippen LogP contribution in [-0.4, -0.2) is 161 Å². The summed E-state index contributed by atoms with van der Waals surface area (Å²) in [6.45, 7) is 16.5. The van der Waals surface area contributed by atoms with Crippen molar-refractivity contribution in [3.63, 3.8) is 0 Å². The number of carbonyl (C=O) groups is 1. The van der Waals surface area contributed by atoms with Crippen LogP contribution >= 0.6 is 0 Å². The maximum absolute atomic E-state index is 10.3. The van der Waals surface area contributed by atoms with Crippen LogP contribution in [0, 0.1) is 55.4 Å². The van der Waals surface area contributed by atoms with Crippen LogP contribution in [0.15, 0.2) is 298 Å². The molecule has 0 fully saturated rings. The van der Waals surface area contributed by atoms with Gasteiger partial charge in [0.15, 0.2) is 40.8 Å². The number of aliphatic hydroxyl groups excluding tert-OH is 5. The largest absolute Gasteiger partial charge is 0.494 e. The van der Waals surface area contributed by atoms with Gasteiger partial charge in [0.05, 0.1) is 124 Å². The van der Waals surface area contributed by atoms with Gasteiger partial charge in [-0.2, -0.15) is 0 Å². The quantitative estimate of drug-likeness (QED) is 0.0377. The lowest BCUT2D eigenvalue weighted by atomic mass is 10.1. The van der Waals surface area contributed by atoms with Crippen LogP contribution in [0.4, 0.5) is 0 Å². The molecule has 0 aliphatic rings. The standard InChI is InChI=1S/C15H14N2O.C14H11N3O2.6C14H13N3O/c1-10-3-2-4-12(7-10)15-16-13-6-5-11(9-18)8-14(13)17-15;1-9-4-5-15-13(6-9)14-16-11-3-2-10(19-8-18)7-12(11)17-14;2*1-9-5-3-7-11(15-9)14-16-10-6-4-8-12(18-2)13(10)17-14;1-9-4-5-15-13(6-9)14-16-11-3-2-10(8-18)7-12(11)17-14;3*1-9-3-2-4-12(15-9)14-16-11-6-5-10(8-18)7-13(11)17-14/h2-8,18H,9H2,1H3,(H,16,17);2-8H,1H3,(H,16,17);2*3-8H,1-2H3,(H,16,17);4*2-7,18H,8H2,1H3,(H,16,17). The number of H-pyrrole nitrogens is 8. The van der Waals surface area contributed by atoms with Crippen LogP contribution in [0.2, 0.25) is 0 Å². The van der Waals surface area contributed by atoms with Gasteiger partial charge in [0.2, 0.25) is 0 Å². The van der Waals surface area contributed by atoms with Crippen molar-refractivity contribution in [2.45, 2.75) is 88.4 Å². The number of fused-ring (bicyclic) bond motifs is 8. The molecule has 0 spiro atoms. The summed E-state index contributed by atoms with van der Waals surface area (Å²) in [6, 6.07) is 90.7. The van der Waals surface area contributed by atoms with E-state index in [1.54, 1.807) is 44.8 Å². The van der Waals surface area contributed by atoms with Crippen LogP contribution in [-0.2, 0) is 37.8 Å². The number of carbonyl (C=O) groups excluding carboxylic acids is 1. The molecule has 724 valence electrons. The van der Waals surface area contributed by atoms with Gasteiger partial charge in [0.25, 0.3) is 6.47 Å². The van der Waals surface area contributed by atoms with Crippen LogP contribution < -0.4 is 14.2 Å². The van der Waals surface area contributed by atoms with Crippen LogP contribution in [0.1, 0.15) is 73.0 Å². The van der Waals surface area contributed by atoms with Crippen molar-refractivity contribution in [1.29, 1.82) is 0 Å². The monoisotopic (exact) mass is 1930 g/mol. The Bertz CT molecular complexity index is 7810. The first-order valence-corrected chi connectivity index (χ1v) is 46.4. The van der Waals surface area contributed by atoms with Gasteiger partial charge in [-0.05, 0) is 282 Å². The number of aromatic nitrogens is 23. The Labute approximate surface area is 831 Å². The molecule has 0 bridgehead atoms. The highest BCUT2D eigenvalue weighted by molar-refractivity contribution is 5.88. The fourth-order valence-electron chi connectivity index (χ4n) is 15.7. The van der Waals surface area contributed by atoms with Crippen molar-refractivity contribution in [2.24, 2.45) is 0 Å². The first kappa shape index (κ1) is 98.3. The van der Waals surface area contributed by atoms with Crippen LogP contribution in [0.5, 0.6) is 17.2 Å². The van der Waals surface area contributed by atoms with E-state index in [1.807, 2.05) is 303 Å². The molecule has 0 saturated carbocycles. The molecule has 32 heteroatoms. The Kier molecular flexibility index (Phi) is 31.0. The number of aryl methyl sites for hydroxylation is 8.